The lowest BCUT2D eigenvalue weighted by Crippen LogP contribution is -2.35. The first-order valence-corrected chi connectivity index (χ1v) is 11.3. The largest absolute Gasteiger partial charge is 0.378 e. The second-order valence-electron chi connectivity index (χ2n) is 9.35. The number of anilines is 2. The quantitative estimate of drug-likeness (QED) is 0.497. The van der Waals surface area contributed by atoms with Gasteiger partial charge in [0.2, 0.25) is 0 Å². The smallest absolute Gasteiger partial charge is 0.255 e. The van der Waals surface area contributed by atoms with Gasteiger partial charge in [-0.05, 0) is 84.4 Å². The number of nitrogens with one attached hydrogen (secondary N) is 2. The monoisotopic (exact) mass is 430 g/mol. The fourth-order valence-corrected chi connectivity index (χ4v) is 6.39. The summed E-state index contributed by atoms with van der Waals surface area (Å²) in [5.41, 5.74) is 4.41. The summed E-state index contributed by atoms with van der Waals surface area (Å²) in [6.07, 6.45) is 3.78. The summed E-state index contributed by atoms with van der Waals surface area (Å²) in [5, 5.41) is 6.47. The fraction of sp³-hybridized carbons (Fsp3) is 0.296. The van der Waals surface area contributed by atoms with Gasteiger partial charge in [-0.25, -0.2) is 8.78 Å². The predicted molar refractivity (Wildman–Crippen MR) is 121 cm³/mol. The summed E-state index contributed by atoms with van der Waals surface area (Å²) in [5.74, 6) is 0.0903. The van der Waals surface area contributed by atoms with E-state index >= 15 is 0 Å². The van der Waals surface area contributed by atoms with Gasteiger partial charge < -0.3 is 10.6 Å². The van der Waals surface area contributed by atoms with E-state index in [1.165, 1.54) is 36.5 Å². The third-order valence-electron chi connectivity index (χ3n) is 7.69. The van der Waals surface area contributed by atoms with Gasteiger partial charge in [0.25, 0.3) is 5.91 Å². The van der Waals surface area contributed by atoms with E-state index < -0.39 is 11.6 Å². The van der Waals surface area contributed by atoms with Crippen molar-refractivity contribution in [3.8, 4) is 0 Å². The summed E-state index contributed by atoms with van der Waals surface area (Å²) in [7, 11) is 0. The number of carbonyl (C=O) groups is 1. The number of fused-ring (bicyclic) bond motifs is 7. The summed E-state index contributed by atoms with van der Waals surface area (Å²) < 4.78 is 26.7. The maximum absolute atomic E-state index is 13.5. The molecular formula is C27H24F2N2O. The second kappa shape index (κ2) is 7.44. The van der Waals surface area contributed by atoms with E-state index in [1.807, 2.05) is 12.1 Å². The van der Waals surface area contributed by atoms with Crippen molar-refractivity contribution in [1.82, 2.24) is 0 Å². The molecule has 5 atom stereocenters. The van der Waals surface area contributed by atoms with Crippen LogP contribution in [0.15, 0.2) is 66.7 Å². The van der Waals surface area contributed by atoms with Crippen LogP contribution in [0.5, 0.6) is 0 Å². The van der Waals surface area contributed by atoms with Crippen LogP contribution in [0.4, 0.5) is 20.2 Å². The maximum atomic E-state index is 13.5. The minimum absolute atomic E-state index is 0.242. The molecular weight excluding hydrogens is 406 g/mol. The van der Waals surface area contributed by atoms with Crippen LogP contribution in [0.2, 0.25) is 0 Å². The Bertz CT molecular complexity index is 1200. The van der Waals surface area contributed by atoms with Gasteiger partial charge in [-0.2, -0.15) is 0 Å². The average Bonchev–Trinajstić information content (AvgIpc) is 3.44. The Balaban J connectivity index is 1.34. The molecule has 3 aromatic carbocycles. The van der Waals surface area contributed by atoms with Gasteiger partial charge in [0.1, 0.15) is 0 Å². The number of hydrogen-bond acceptors (Lipinski definition) is 2. The zero-order valence-electron chi connectivity index (χ0n) is 17.5. The number of carbonyl (C=O) groups excluding carboxylic acids is 1. The van der Waals surface area contributed by atoms with Crippen molar-refractivity contribution >= 4 is 17.3 Å². The molecule has 0 saturated heterocycles. The Morgan fingerprint density at radius 1 is 0.906 bits per heavy atom. The molecule has 162 valence electrons. The van der Waals surface area contributed by atoms with Crippen LogP contribution in [0, 0.1) is 29.4 Å². The topological polar surface area (TPSA) is 41.1 Å². The fourth-order valence-electron chi connectivity index (χ4n) is 6.39. The number of hydrogen-bond donors (Lipinski definition) is 2. The van der Waals surface area contributed by atoms with Gasteiger partial charge in [0.05, 0.1) is 6.04 Å². The Hall–Kier alpha value is -3.21. The summed E-state index contributed by atoms with van der Waals surface area (Å²) in [6.45, 7) is 0. The van der Waals surface area contributed by atoms with Gasteiger partial charge in [-0.1, -0.05) is 30.3 Å². The van der Waals surface area contributed by atoms with Crippen molar-refractivity contribution < 1.29 is 13.6 Å². The van der Waals surface area contributed by atoms with Gasteiger partial charge >= 0.3 is 0 Å². The number of rotatable bonds is 3. The molecule has 0 spiro atoms. The van der Waals surface area contributed by atoms with Crippen molar-refractivity contribution in [1.29, 1.82) is 0 Å². The van der Waals surface area contributed by atoms with Crippen molar-refractivity contribution in [3.63, 3.8) is 0 Å². The summed E-state index contributed by atoms with van der Waals surface area (Å²) >= 11 is 0. The highest BCUT2D eigenvalue weighted by Gasteiger charge is 2.53. The number of halogens is 2. The van der Waals surface area contributed by atoms with Gasteiger partial charge in [0, 0.05) is 23.0 Å². The molecule has 6 rings (SSSR count). The predicted octanol–water partition coefficient (Wildman–Crippen LogP) is 6.51. The Morgan fingerprint density at radius 3 is 2.53 bits per heavy atom. The molecule has 3 aliphatic rings. The van der Waals surface area contributed by atoms with Crippen LogP contribution in [0.1, 0.15) is 52.7 Å². The third kappa shape index (κ3) is 3.10. The van der Waals surface area contributed by atoms with Crippen molar-refractivity contribution in [2.45, 2.75) is 31.2 Å². The van der Waals surface area contributed by atoms with E-state index in [2.05, 4.69) is 41.0 Å². The molecule has 0 unspecified atom stereocenters. The minimum Gasteiger partial charge on any atom is -0.378 e. The molecule has 3 aromatic rings. The average molecular weight is 430 g/mol. The lowest BCUT2D eigenvalue weighted by molar-refractivity contribution is 0.102. The first-order valence-electron chi connectivity index (χ1n) is 11.3. The molecule has 2 fully saturated rings. The van der Waals surface area contributed by atoms with Crippen LogP contribution in [0.25, 0.3) is 0 Å². The van der Waals surface area contributed by atoms with Gasteiger partial charge in [-0.3, -0.25) is 4.79 Å². The molecule has 32 heavy (non-hydrogen) atoms. The van der Waals surface area contributed by atoms with Gasteiger partial charge in [0.15, 0.2) is 11.6 Å². The summed E-state index contributed by atoms with van der Waals surface area (Å²) in [4.78, 5) is 12.9. The zero-order chi connectivity index (χ0) is 21.8. The zero-order valence-corrected chi connectivity index (χ0v) is 17.5. The first-order chi connectivity index (χ1) is 15.6. The Morgan fingerprint density at radius 2 is 1.72 bits per heavy atom. The lowest BCUT2D eigenvalue weighted by atomic mass is 9.68. The Kier molecular flexibility index (Phi) is 4.53. The van der Waals surface area contributed by atoms with Crippen LogP contribution in [-0.4, -0.2) is 5.91 Å². The maximum Gasteiger partial charge on any atom is 0.255 e. The molecule has 2 aliphatic carbocycles. The molecule has 0 radical (unpaired) electrons. The standard InChI is InChI=1S/C27H24F2N2O/c28-21-10-9-19(14-22(21)29)30-27(32)18-8-11-23-20(13-18)24-16-6-7-17(12-16)25(24)26(31-23)15-4-2-1-3-5-15/h1-5,8-11,13-14,16-17,24-26,31H,6-7,12H2,(H,30,32)/t16-,17+,24+,25-,26+/m0/s1. The second-order valence-corrected chi connectivity index (χ2v) is 9.35. The van der Waals surface area contributed by atoms with Crippen molar-refractivity contribution in [2.75, 3.05) is 10.6 Å². The third-order valence-corrected chi connectivity index (χ3v) is 7.69. The van der Waals surface area contributed by atoms with E-state index in [9.17, 15) is 13.6 Å². The lowest BCUT2D eigenvalue weighted by Gasteiger charge is -2.43. The number of benzene rings is 3. The first kappa shape index (κ1) is 19.5. The van der Waals surface area contributed by atoms with Crippen LogP contribution in [-0.2, 0) is 0 Å². The molecule has 3 nitrogen and oxygen atoms in total. The summed E-state index contributed by atoms with van der Waals surface area (Å²) in [6, 6.07) is 20.1. The molecule has 2 bridgehead atoms. The minimum atomic E-state index is -0.978. The molecule has 2 saturated carbocycles. The highest BCUT2D eigenvalue weighted by Crippen LogP contribution is 2.63. The van der Waals surface area contributed by atoms with E-state index in [4.69, 9.17) is 0 Å². The van der Waals surface area contributed by atoms with E-state index in [-0.39, 0.29) is 17.6 Å². The van der Waals surface area contributed by atoms with Crippen molar-refractivity contribution in [2.24, 2.45) is 17.8 Å². The van der Waals surface area contributed by atoms with E-state index in [0.717, 1.165) is 17.8 Å². The molecule has 1 amide bonds. The molecule has 2 N–H and O–H groups in total. The Labute approximate surface area is 185 Å². The van der Waals surface area contributed by atoms with Gasteiger partial charge in [-0.15, -0.1) is 0 Å². The highest BCUT2D eigenvalue weighted by molar-refractivity contribution is 6.04. The normalized spacial score (nSPS) is 27.4. The van der Waals surface area contributed by atoms with E-state index in [0.29, 0.717) is 29.2 Å². The molecule has 1 aliphatic heterocycles. The van der Waals surface area contributed by atoms with Crippen LogP contribution in [0.3, 0.4) is 0 Å². The SMILES string of the molecule is O=C(Nc1ccc(F)c(F)c1)c1ccc2c(c1)[C@H]1[C@H]3CC[C@H](C3)[C@@H]1[C@@H](c1ccccc1)N2. The van der Waals surface area contributed by atoms with Crippen LogP contribution >= 0.6 is 0 Å². The number of amides is 1. The molecule has 5 heteroatoms. The molecule has 1 heterocycles. The van der Waals surface area contributed by atoms with E-state index in [1.54, 1.807) is 6.07 Å². The molecule has 0 aromatic heterocycles. The highest BCUT2D eigenvalue weighted by atomic mass is 19.2. The van der Waals surface area contributed by atoms with Crippen molar-refractivity contribution in [3.05, 3.63) is 95.1 Å². The van der Waals surface area contributed by atoms with Crippen LogP contribution < -0.4 is 10.6 Å².